The van der Waals surface area contributed by atoms with Crippen molar-refractivity contribution in [1.29, 1.82) is 0 Å². The molecule has 0 spiro atoms. The van der Waals surface area contributed by atoms with Crippen LogP contribution in [0.15, 0.2) is 18.2 Å². The summed E-state index contributed by atoms with van der Waals surface area (Å²) >= 11 is 6.11. The van der Waals surface area contributed by atoms with Crippen LogP contribution >= 0.6 is 11.6 Å². The largest absolute Gasteiger partial charge is 0.207 e. The molecule has 1 aromatic rings. The second-order valence-electron chi connectivity index (χ2n) is 4.50. The SMILES string of the molecule is CC(C)CC(Cl)CCc1ccc(F)cc1F. The van der Waals surface area contributed by atoms with E-state index in [4.69, 9.17) is 11.6 Å². The van der Waals surface area contributed by atoms with Gasteiger partial charge in [-0.2, -0.15) is 0 Å². The number of alkyl halides is 1. The van der Waals surface area contributed by atoms with Crippen LogP contribution in [0.2, 0.25) is 0 Å². The van der Waals surface area contributed by atoms with Crippen molar-refractivity contribution in [3.05, 3.63) is 35.4 Å². The van der Waals surface area contributed by atoms with Crippen LogP contribution in [0.25, 0.3) is 0 Å². The van der Waals surface area contributed by atoms with Crippen molar-refractivity contribution in [2.45, 2.75) is 38.5 Å². The summed E-state index contributed by atoms with van der Waals surface area (Å²) in [5, 5.41) is 0.0597. The molecule has 16 heavy (non-hydrogen) atoms. The van der Waals surface area contributed by atoms with Crippen LogP contribution in [0.5, 0.6) is 0 Å². The maximum absolute atomic E-state index is 13.3. The van der Waals surface area contributed by atoms with Gasteiger partial charge in [-0.25, -0.2) is 8.78 Å². The molecule has 0 aliphatic heterocycles. The number of rotatable bonds is 5. The van der Waals surface area contributed by atoms with Gasteiger partial charge in [0.25, 0.3) is 0 Å². The molecule has 0 radical (unpaired) electrons. The molecule has 0 aliphatic rings. The summed E-state index contributed by atoms with van der Waals surface area (Å²) in [6.45, 7) is 4.21. The molecule has 0 saturated carbocycles. The van der Waals surface area contributed by atoms with E-state index >= 15 is 0 Å². The molecule has 1 atom stereocenters. The summed E-state index contributed by atoms with van der Waals surface area (Å²) in [6.07, 6.45) is 2.21. The zero-order valence-electron chi connectivity index (χ0n) is 9.64. The van der Waals surface area contributed by atoms with E-state index in [1.165, 1.54) is 12.1 Å². The van der Waals surface area contributed by atoms with E-state index in [1.54, 1.807) is 0 Å². The highest BCUT2D eigenvalue weighted by molar-refractivity contribution is 6.20. The minimum absolute atomic E-state index is 0.0597. The molecule has 0 saturated heterocycles. The van der Waals surface area contributed by atoms with Crippen LogP contribution in [0.4, 0.5) is 8.78 Å². The third-order valence-electron chi connectivity index (χ3n) is 2.47. The number of hydrogen-bond acceptors (Lipinski definition) is 0. The lowest BCUT2D eigenvalue weighted by Gasteiger charge is -2.12. The fourth-order valence-electron chi connectivity index (χ4n) is 1.67. The van der Waals surface area contributed by atoms with Gasteiger partial charge in [0, 0.05) is 11.4 Å². The topological polar surface area (TPSA) is 0 Å². The molecule has 0 heterocycles. The molecule has 0 N–H and O–H groups in total. The van der Waals surface area contributed by atoms with E-state index in [-0.39, 0.29) is 5.38 Å². The Morgan fingerprint density at radius 1 is 1.25 bits per heavy atom. The number of halogens is 3. The van der Waals surface area contributed by atoms with Gasteiger partial charge in [-0.3, -0.25) is 0 Å². The van der Waals surface area contributed by atoms with Crippen LogP contribution in [0, 0.1) is 17.6 Å². The Balaban J connectivity index is 2.48. The summed E-state index contributed by atoms with van der Waals surface area (Å²) in [6, 6.07) is 3.69. The van der Waals surface area contributed by atoms with Crippen LogP contribution in [-0.4, -0.2) is 5.38 Å². The van der Waals surface area contributed by atoms with E-state index < -0.39 is 11.6 Å². The van der Waals surface area contributed by atoms with Crippen molar-refractivity contribution in [1.82, 2.24) is 0 Å². The van der Waals surface area contributed by atoms with Gasteiger partial charge in [0.05, 0.1) is 0 Å². The van der Waals surface area contributed by atoms with Gasteiger partial charge in [0.2, 0.25) is 0 Å². The normalized spacial score (nSPS) is 13.1. The van der Waals surface area contributed by atoms with E-state index in [0.717, 1.165) is 18.9 Å². The average Bonchev–Trinajstić information content (AvgIpc) is 2.15. The Bertz CT molecular complexity index is 337. The van der Waals surface area contributed by atoms with Gasteiger partial charge in [-0.15, -0.1) is 11.6 Å². The molecule has 90 valence electrons. The number of aryl methyl sites for hydroxylation is 1. The summed E-state index contributed by atoms with van der Waals surface area (Å²) in [4.78, 5) is 0. The van der Waals surface area contributed by atoms with E-state index in [1.807, 2.05) is 0 Å². The van der Waals surface area contributed by atoms with Gasteiger partial charge in [-0.05, 0) is 36.8 Å². The quantitative estimate of drug-likeness (QED) is 0.669. The zero-order chi connectivity index (χ0) is 12.1. The molecule has 0 nitrogen and oxygen atoms in total. The highest BCUT2D eigenvalue weighted by atomic mass is 35.5. The predicted molar refractivity (Wildman–Crippen MR) is 63.8 cm³/mol. The lowest BCUT2D eigenvalue weighted by atomic mass is 10.0. The Labute approximate surface area is 101 Å². The van der Waals surface area contributed by atoms with Gasteiger partial charge in [0.15, 0.2) is 0 Å². The molecule has 0 bridgehead atoms. The zero-order valence-corrected chi connectivity index (χ0v) is 10.4. The summed E-state index contributed by atoms with van der Waals surface area (Å²) in [5.74, 6) is -0.472. The van der Waals surface area contributed by atoms with Gasteiger partial charge in [0.1, 0.15) is 11.6 Å². The molecule has 0 aromatic heterocycles. The van der Waals surface area contributed by atoms with Gasteiger partial charge < -0.3 is 0 Å². The van der Waals surface area contributed by atoms with Crippen molar-refractivity contribution in [3.8, 4) is 0 Å². The predicted octanol–water partition coefficient (Wildman–Crippen LogP) is 4.55. The average molecular weight is 247 g/mol. The summed E-state index contributed by atoms with van der Waals surface area (Å²) < 4.78 is 25.9. The van der Waals surface area contributed by atoms with E-state index in [2.05, 4.69) is 13.8 Å². The third-order valence-corrected chi connectivity index (χ3v) is 2.87. The first kappa shape index (κ1) is 13.4. The van der Waals surface area contributed by atoms with E-state index in [0.29, 0.717) is 17.9 Å². The number of hydrogen-bond donors (Lipinski definition) is 0. The molecule has 1 rings (SSSR count). The lowest BCUT2D eigenvalue weighted by Crippen LogP contribution is -2.05. The van der Waals surface area contributed by atoms with Crippen LogP contribution in [0.1, 0.15) is 32.3 Å². The van der Waals surface area contributed by atoms with Crippen molar-refractivity contribution in [2.75, 3.05) is 0 Å². The Morgan fingerprint density at radius 2 is 1.94 bits per heavy atom. The fourth-order valence-corrected chi connectivity index (χ4v) is 2.13. The highest BCUT2D eigenvalue weighted by Gasteiger charge is 2.10. The minimum Gasteiger partial charge on any atom is -0.207 e. The third kappa shape index (κ3) is 4.48. The van der Waals surface area contributed by atoms with Gasteiger partial charge in [-0.1, -0.05) is 19.9 Å². The molecule has 3 heteroatoms. The molecule has 1 aromatic carbocycles. The Morgan fingerprint density at radius 3 is 2.50 bits per heavy atom. The first-order valence-electron chi connectivity index (χ1n) is 5.57. The first-order valence-corrected chi connectivity index (χ1v) is 6.00. The van der Waals surface area contributed by atoms with Crippen LogP contribution in [-0.2, 0) is 6.42 Å². The molecular formula is C13H17ClF2. The second kappa shape index (κ2) is 6.19. The monoisotopic (exact) mass is 246 g/mol. The highest BCUT2D eigenvalue weighted by Crippen LogP contribution is 2.18. The Kier molecular flexibility index (Phi) is 5.20. The van der Waals surface area contributed by atoms with Crippen LogP contribution < -0.4 is 0 Å². The Hall–Kier alpha value is -0.630. The maximum Gasteiger partial charge on any atom is 0.129 e. The lowest BCUT2D eigenvalue weighted by molar-refractivity contribution is 0.533. The first-order chi connectivity index (χ1) is 7.49. The van der Waals surface area contributed by atoms with E-state index in [9.17, 15) is 8.78 Å². The maximum atomic E-state index is 13.3. The minimum atomic E-state index is -0.536. The smallest absolute Gasteiger partial charge is 0.129 e. The molecule has 0 fully saturated rings. The fraction of sp³-hybridized carbons (Fsp3) is 0.538. The van der Waals surface area contributed by atoms with Crippen LogP contribution in [0.3, 0.4) is 0 Å². The molecule has 0 amide bonds. The van der Waals surface area contributed by atoms with Crippen molar-refractivity contribution >= 4 is 11.6 Å². The second-order valence-corrected chi connectivity index (χ2v) is 5.12. The summed E-state index contributed by atoms with van der Waals surface area (Å²) in [7, 11) is 0. The summed E-state index contributed by atoms with van der Waals surface area (Å²) in [5.41, 5.74) is 0.538. The van der Waals surface area contributed by atoms with Gasteiger partial charge >= 0.3 is 0 Å². The molecule has 1 unspecified atom stereocenters. The van der Waals surface area contributed by atoms with Crippen molar-refractivity contribution in [2.24, 2.45) is 5.92 Å². The van der Waals surface area contributed by atoms with Crippen molar-refractivity contribution in [3.63, 3.8) is 0 Å². The number of benzene rings is 1. The van der Waals surface area contributed by atoms with Crippen molar-refractivity contribution < 1.29 is 8.78 Å². The molecule has 0 aliphatic carbocycles. The molecular weight excluding hydrogens is 230 g/mol. The standard InChI is InChI=1S/C13H17ClF2/c1-9(2)7-11(14)5-3-10-4-6-12(15)8-13(10)16/h4,6,8-9,11H,3,5,7H2,1-2H3.